The van der Waals surface area contributed by atoms with Crippen LogP contribution in [0.5, 0.6) is 0 Å². The molecule has 102 valence electrons. The van der Waals surface area contributed by atoms with Crippen molar-refractivity contribution in [1.29, 1.82) is 5.26 Å². The summed E-state index contributed by atoms with van der Waals surface area (Å²) < 4.78 is 5.47. The zero-order valence-electron chi connectivity index (χ0n) is 10.7. The lowest BCUT2D eigenvalue weighted by molar-refractivity contribution is 0.0906. The molecule has 1 fully saturated rings. The minimum atomic E-state index is -0.728. The van der Waals surface area contributed by atoms with Crippen LogP contribution in [0.25, 0.3) is 0 Å². The average molecular weight is 325 g/mol. The summed E-state index contributed by atoms with van der Waals surface area (Å²) in [6, 6.07) is 3.92. The number of furan rings is 1. The summed E-state index contributed by atoms with van der Waals surface area (Å²) in [5.74, 6) is -0.247. The van der Waals surface area contributed by atoms with Gasteiger partial charge in [0.2, 0.25) is 0 Å². The van der Waals surface area contributed by atoms with E-state index in [1.807, 2.05) is 0 Å². The van der Waals surface area contributed by atoms with Gasteiger partial charge in [-0.15, -0.1) is 0 Å². The molecule has 0 unspecified atom stereocenters. The van der Waals surface area contributed by atoms with Crippen molar-refractivity contribution in [1.82, 2.24) is 5.32 Å². The van der Waals surface area contributed by atoms with Crippen LogP contribution >= 0.6 is 15.9 Å². The van der Waals surface area contributed by atoms with Crippen LogP contribution < -0.4 is 5.32 Å². The second kappa shape index (κ2) is 6.25. The van der Waals surface area contributed by atoms with Crippen LogP contribution in [-0.2, 0) is 0 Å². The van der Waals surface area contributed by atoms with Gasteiger partial charge in [0.15, 0.2) is 4.67 Å². The number of nitrogens with zero attached hydrogens (tertiary/aromatic N) is 1. The quantitative estimate of drug-likeness (QED) is 0.900. The molecule has 1 aliphatic carbocycles. The maximum atomic E-state index is 12.2. The SMILES string of the molecule is N#CC1(NC(=O)c2ccoc2Br)CCCCCCC1. The van der Waals surface area contributed by atoms with Crippen LogP contribution in [0.15, 0.2) is 21.4 Å². The van der Waals surface area contributed by atoms with Crippen molar-refractivity contribution in [3.63, 3.8) is 0 Å². The summed E-state index contributed by atoms with van der Waals surface area (Å²) in [6.07, 6.45) is 8.37. The van der Waals surface area contributed by atoms with Crippen LogP contribution in [0.2, 0.25) is 0 Å². The first-order chi connectivity index (χ1) is 9.17. The molecule has 0 bridgehead atoms. The maximum absolute atomic E-state index is 12.2. The van der Waals surface area contributed by atoms with Crippen LogP contribution in [0.4, 0.5) is 0 Å². The van der Waals surface area contributed by atoms with E-state index in [9.17, 15) is 10.1 Å². The summed E-state index contributed by atoms with van der Waals surface area (Å²) >= 11 is 3.19. The molecule has 0 aromatic carbocycles. The molecule has 19 heavy (non-hydrogen) atoms. The number of rotatable bonds is 2. The monoisotopic (exact) mass is 324 g/mol. The minimum absolute atomic E-state index is 0.247. The molecule has 4 nitrogen and oxygen atoms in total. The molecule has 5 heteroatoms. The standard InChI is InChI=1S/C14H17BrN2O2/c15-12-11(6-9-19-12)13(18)17-14(10-16)7-4-2-1-3-5-8-14/h6,9H,1-5,7-8H2,(H,17,18). The Hall–Kier alpha value is -1.28. The highest BCUT2D eigenvalue weighted by molar-refractivity contribution is 9.10. The fourth-order valence-corrected chi connectivity index (χ4v) is 2.93. The Balaban J connectivity index is 2.11. The molecule has 1 amide bonds. The van der Waals surface area contributed by atoms with Gasteiger partial charge in [-0.1, -0.05) is 32.1 Å². The van der Waals surface area contributed by atoms with Crippen molar-refractivity contribution in [2.45, 2.75) is 50.5 Å². The third-order valence-corrected chi connectivity index (χ3v) is 4.25. The number of carbonyl (C=O) groups is 1. The Morgan fingerprint density at radius 1 is 1.32 bits per heavy atom. The molecule has 0 aliphatic heterocycles. The van der Waals surface area contributed by atoms with Crippen molar-refractivity contribution in [3.05, 3.63) is 22.6 Å². The second-order valence-corrected chi connectivity index (χ2v) is 5.74. The highest BCUT2D eigenvalue weighted by Gasteiger charge is 2.32. The van der Waals surface area contributed by atoms with Gasteiger partial charge in [-0.25, -0.2) is 0 Å². The first-order valence-corrected chi connectivity index (χ1v) is 7.43. The van der Waals surface area contributed by atoms with E-state index in [-0.39, 0.29) is 5.91 Å². The zero-order valence-corrected chi connectivity index (χ0v) is 12.3. The lowest BCUT2D eigenvalue weighted by Gasteiger charge is -2.29. The number of carbonyl (C=O) groups excluding carboxylic acids is 1. The smallest absolute Gasteiger partial charge is 0.257 e. The van der Waals surface area contributed by atoms with Crippen LogP contribution in [0, 0.1) is 11.3 Å². The first-order valence-electron chi connectivity index (χ1n) is 6.64. The molecular formula is C14H17BrN2O2. The molecule has 1 aromatic heterocycles. The Bertz CT molecular complexity index is 482. The molecule has 0 spiro atoms. The van der Waals surface area contributed by atoms with Crippen LogP contribution in [0.1, 0.15) is 55.3 Å². The molecule has 1 aromatic rings. The van der Waals surface area contributed by atoms with Crippen LogP contribution in [-0.4, -0.2) is 11.4 Å². The van der Waals surface area contributed by atoms with E-state index in [0.717, 1.165) is 38.5 Å². The van der Waals surface area contributed by atoms with Crippen LogP contribution in [0.3, 0.4) is 0 Å². The van der Waals surface area contributed by atoms with Crippen molar-refractivity contribution in [2.75, 3.05) is 0 Å². The van der Waals surface area contributed by atoms with Crippen molar-refractivity contribution < 1.29 is 9.21 Å². The van der Waals surface area contributed by atoms with Gasteiger partial charge in [0.1, 0.15) is 5.54 Å². The topological polar surface area (TPSA) is 66.0 Å². The first kappa shape index (κ1) is 14.1. The maximum Gasteiger partial charge on any atom is 0.257 e. The van der Waals surface area contributed by atoms with E-state index >= 15 is 0 Å². The van der Waals surface area contributed by atoms with Crippen molar-refractivity contribution >= 4 is 21.8 Å². The summed E-state index contributed by atoms with van der Waals surface area (Å²) in [7, 11) is 0. The fraction of sp³-hybridized carbons (Fsp3) is 0.571. The Labute approximate surface area is 121 Å². The van der Waals surface area contributed by atoms with Gasteiger partial charge in [-0.05, 0) is 34.8 Å². The molecule has 1 saturated carbocycles. The number of amides is 1. The molecule has 1 aliphatic rings. The van der Waals surface area contributed by atoms with Gasteiger partial charge in [-0.3, -0.25) is 4.79 Å². The summed E-state index contributed by atoms with van der Waals surface area (Å²) in [6.45, 7) is 0. The molecule has 0 atom stereocenters. The zero-order chi connectivity index (χ0) is 13.7. The minimum Gasteiger partial charge on any atom is -0.457 e. The van der Waals surface area contributed by atoms with Gasteiger partial charge in [0.25, 0.3) is 5.91 Å². The van der Waals surface area contributed by atoms with Gasteiger partial charge in [0, 0.05) is 0 Å². The van der Waals surface area contributed by atoms with Crippen molar-refractivity contribution in [3.8, 4) is 6.07 Å². The molecule has 1 heterocycles. The highest BCUT2D eigenvalue weighted by Crippen LogP contribution is 2.27. The Morgan fingerprint density at radius 2 is 1.95 bits per heavy atom. The molecular weight excluding hydrogens is 308 g/mol. The van der Waals surface area contributed by atoms with E-state index in [4.69, 9.17) is 4.42 Å². The summed E-state index contributed by atoms with van der Waals surface area (Å²) in [5, 5.41) is 12.4. The summed E-state index contributed by atoms with van der Waals surface area (Å²) in [4.78, 5) is 12.2. The van der Waals surface area contributed by atoms with Gasteiger partial charge in [-0.2, -0.15) is 5.26 Å². The number of halogens is 1. The lowest BCUT2D eigenvalue weighted by atomic mass is 9.85. The third-order valence-electron chi connectivity index (χ3n) is 3.64. The second-order valence-electron chi connectivity index (χ2n) is 5.02. The van der Waals surface area contributed by atoms with E-state index in [1.54, 1.807) is 6.07 Å². The molecule has 0 radical (unpaired) electrons. The fourth-order valence-electron chi connectivity index (χ4n) is 2.51. The Morgan fingerprint density at radius 3 is 2.47 bits per heavy atom. The Kier molecular flexibility index (Phi) is 4.65. The molecule has 2 rings (SSSR count). The number of nitriles is 1. The average Bonchev–Trinajstić information content (AvgIpc) is 2.79. The number of hydrogen-bond donors (Lipinski definition) is 1. The number of hydrogen-bond acceptors (Lipinski definition) is 3. The molecule has 0 saturated heterocycles. The lowest BCUT2D eigenvalue weighted by Crippen LogP contribution is -2.47. The van der Waals surface area contributed by atoms with E-state index in [2.05, 4.69) is 27.3 Å². The molecule has 1 N–H and O–H groups in total. The largest absolute Gasteiger partial charge is 0.457 e. The third kappa shape index (κ3) is 3.38. The van der Waals surface area contributed by atoms with E-state index in [1.165, 1.54) is 12.7 Å². The summed E-state index contributed by atoms with van der Waals surface area (Å²) in [5.41, 5.74) is -0.287. The predicted molar refractivity (Wildman–Crippen MR) is 74.5 cm³/mol. The van der Waals surface area contributed by atoms with Gasteiger partial charge < -0.3 is 9.73 Å². The normalized spacial score (nSPS) is 18.9. The van der Waals surface area contributed by atoms with Gasteiger partial charge in [0.05, 0.1) is 17.9 Å². The highest BCUT2D eigenvalue weighted by atomic mass is 79.9. The van der Waals surface area contributed by atoms with E-state index in [0.29, 0.717) is 10.2 Å². The predicted octanol–water partition coefficient (Wildman–Crippen LogP) is 3.78. The van der Waals surface area contributed by atoms with Crippen molar-refractivity contribution in [2.24, 2.45) is 0 Å². The van der Waals surface area contributed by atoms with Gasteiger partial charge >= 0.3 is 0 Å². The number of nitrogens with one attached hydrogen (secondary N) is 1. The van der Waals surface area contributed by atoms with E-state index < -0.39 is 5.54 Å².